The van der Waals surface area contributed by atoms with Crippen molar-refractivity contribution in [3.8, 4) is 0 Å². The molecule has 118 valence electrons. The van der Waals surface area contributed by atoms with E-state index in [2.05, 4.69) is 36.0 Å². The van der Waals surface area contributed by atoms with Crippen LogP contribution in [0.15, 0.2) is 0 Å². The number of aromatic nitrogens is 1. The Morgan fingerprint density at radius 1 is 1.48 bits per heavy atom. The molecule has 1 unspecified atom stereocenters. The van der Waals surface area contributed by atoms with E-state index in [0.29, 0.717) is 6.54 Å². The molecule has 0 aliphatic carbocycles. The van der Waals surface area contributed by atoms with Crippen LogP contribution in [0.1, 0.15) is 49.2 Å². The molecule has 5 heteroatoms. The summed E-state index contributed by atoms with van der Waals surface area (Å²) in [6, 6.07) is 0. The van der Waals surface area contributed by atoms with Crippen molar-refractivity contribution >= 4 is 17.2 Å². The second-order valence-corrected chi connectivity index (χ2v) is 7.46. The highest BCUT2D eigenvalue weighted by atomic mass is 32.1. The van der Waals surface area contributed by atoms with E-state index < -0.39 is 0 Å². The zero-order valence-corrected chi connectivity index (χ0v) is 14.5. The van der Waals surface area contributed by atoms with Gasteiger partial charge in [0.25, 0.3) is 0 Å². The van der Waals surface area contributed by atoms with Crippen LogP contribution in [0.2, 0.25) is 0 Å². The van der Waals surface area contributed by atoms with Crippen molar-refractivity contribution in [3.05, 3.63) is 15.6 Å². The predicted molar refractivity (Wildman–Crippen MR) is 87.5 cm³/mol. The Balaban J connectivity index is 1.97. The number of amides is 1. The number of hydrogen-bond acceptors (Lipinski definition) is 4. The molecular weight excluding hydrogens is 282 g/mol. The van der Waals surface area contributed by atoms with Gasteiger partial charge in [0.05, 0.1) is 22.7 Å². The highest BCUT2D eigenvalue weighted by Crippen LogP contribution is 2.30. The standard InChI is InChI=1S/C16H27N3OS/c1-5-13-14(21-12(3)18-13)10-17-15(20)16(4)8-7-9-19(6-2)11-16/h5-11H2,1-4H3,(H,17,20). The molecule has 0 saturated carbocycles. The first-order chi connectivity index (χ1) is 9.98. The molecule has 1 N–H and O–H groups in total. The van der Waals surface area contributed by atoms with Gasteiger partial charge in [-0.1, -0.05) is 13.8 Å². The Morgan fingerprint density at radius 2 is 2.24 bits per heavy atom. The predicted octanol–water partition coefficient (Wildman–Crippen LogP) is 2.75. The number of rotatable bonds is 5. The summed E-state index contributed by atoms with van der Waals surface area (Å²) in [5.74, 6) is 0.189. The Kier molecular flexibility index (Phi) is 5.38. The molecule has 21 heavy (non-hydrogen) atoms. The number of thiazole rings is 1. The first-order valence-electron chi connectivity index (χ1n) is 7.94. The number of hydrogen-bond donors (Lipinski definition) is 1. The molecule has 1 atom stereocenters. The summed E-state index contributed by atoms with van der Waals surface area (Å²) in [7, 11) is 0. The fourth-order valence-electron chi connectivity index (χ4n) is 3.10. The van der Waals surface area contributed by atoms with Crippen LogP contribution in [-0.4, -0.2) is 35.4 Å². The maximum absolute atomic E-state index is 12.6. The molecule has 0 radical (unpaired) electrons. The lowest BCUT2D eigenvalue weighted by molar-refractivity contribution is -0.133. The van der Waals surface area contributed by atoms with E-state index in [-0.39, 0.29) is 11.3 Å². The minimum absolute atomic E-state index is 0.189. The van der Waals surface area contributed by atoms with Crippen LogP contribution < -0.4 is 5.32 Å². The lowest BCUT2D eigenvalue weighted by Gasteiger charge is -2.38. The van der Waals surface area contributed by atoms with Crippen molar-refractivity contribution in [1.82, 2.24) is 15.2 Å². The number of likely N-dealkylation sites (tertiary alicyclic amines) is 1. The summed E-state index contributed by atoms with van der Waals surface area (Å²) >= 11 is 1.70. The number of aryl methyl sites for hydroxylation is 2. The van der Waals surface area contributed by atoms with Gasteiger partial charge in [-0.2, -0.15) is 0 Å². The molecule has 0 bridgehead atoms. The summed E-state index contributed by atoms with van der Waals surface area (Å²) in [6.07, 6.45) is 3.02. The van der Waals surface area contributed by atoms with Crippen molar-refractivity contribution in [2.24, 2.45) is 5.41 Å². The third-order valence-corrected chi connectivity index (χ3v) is 5.41. The second-order valence-electron chi connectivity index (χ2n) is 6.17. The second kappa shape index (κ2) is 6.88. The van der Waals surface area contributed by atoms with Gasteiger partial charge in [-0.3, -0.25) is 4.79 Å². The van der Waals surface area contributed by atoms with Gasteiger partial charge in [0.2, 0.25) is 5.91 Å². The van der Waals surface area contributed by atoms with E-state index in [1.54, 1.807) is 11.3 Å². The van der Waals surface area contributed by atoms with Crippen LogP contribution in [-0.2, 0) is 17.8 Å². The van der Waals surface area contributed by atoms with E-state index in [9.17, 15) is 4.79 Å². The van der Waals surface area contributed by atoms with E-state index in [4.69, 9.17) is 0 Å². The third kappa shape index (κ3) is 3.83. The number of carbonyl (C=O) groups is 1. The quantitative estimate of drug-likeness (QED) is 0.909. The van der Waals surface area contributed by atoms with E-state index in [1.165, 1.54) is 4.88 Å². The minimum Gasteiger partial charge on any atom is -0.351 e. The molecule has 1 aromatic rings. The highest BCUT2D eigenvalue weighted by molar-refractivity contribution is 7.11. The molecule has 1 aliphatic heterocycles. The average molecular weight is 309 g/mol. The van der Waals surface area contributed by atoms with Crippen molar-refractivity contribution in [2.45, 2.75) is 53.5 Å². The van der Waals surface area contributed by atoms with Crippen LogP contribution in [0.5, 0.6) is 0 Å². The van der Waals surface area contributed by atoms with Gasteiger partial charge in [-0.05, 0) is 46.2 Å². The number of nitrogens with one attached hydrogen (secondary N) is 1. The molecular formula is C16H27N3OS. The fraction of sp³-hybridized carbons (Fsp3) is 0.750. The van der Waals surface area contributed by atoms with Gasteiger partial charge in [-0.15, -0.1) is 11.3 Å². The maximum Gasteiger partial charge on any atom is 0.227 e. The van der Waals surface area contributed by atoms with Gasteiger partial charge in [0, 0.05) is 11.4 Å². The minimum atomic E-state index is -0.250. The van der Waals surface area contributed by atoms with Crippen molar-refractivity contribution in [1.29, 1.82) is 0 Å². The van der Waals surface area contributed by atoms with Crippen LogP contribution in [0.25, 0.3) is 0 Å². The lowest BCUT2D eigenvalue weighted by atomic mass is 9.81. The van der Waals surface area contributed by atoms with Gasteiger partial charge in [-0.25, -0.2) is 4.98 Å². The SMILES string of the molecule is CCc1nc(C)sc1CNC(=O)C1(C)CCCN(CC)C1. The molecule has 1 amide bonds. The summed E-state index contributed by atoms with van der Waals surface area (Å²) < 4.78 is 0. The van der Waals surface area contributed by atoms with Crippen molar-refractivity contribution in [2.75, 3.05) is 19.6 Å². The number of nitrogens with zero attached hydrogens (tertiary/aromatic N) is 2. The largest absolute Gasteiger partial charge is 0.351 e. The van der Waals surface area contributed by atoms with Gasteiger partial charge in [0.15, 0.2) is 0 Å². The van der Waals surface area contributed by atoms with Crippen LogP contribution >= 0.6 is 11.3 Å². The van der Waals surface area contributed by atoms with Gasteiger partial charge in [0.1, 0.15) is 0 Å². The molecule has 1 saturated heterocycles. The van der Waals surface area contributed by atoms with Crippen LogP contribution in [0.3, 0.4) is 0 Å². The first-order valence-corrected chi connectivity index (χ1v) is 8.76. The first kappa shape index (κ1) is 16.4. The number of piperidine rings is 1. The lowest BCUT2D eigenvalue weighted by Crippen LogP contribution is -2.50. The summed E-state index contributed by atoms with van der Waals surface area (Å²) in [4.78, 5) is 20.7. The molecule has 0 aromatic carbocycles. The highest BCUT2D eigenvalue weighted by Gasteiger charge is 2.37. The normalized spacial score (nSPS) is 23.2. The maximum atomic E-state index is 12.6. The smallest absolute Gasteiger partial charge is 0.227 e. The Morgan fingerprint density at radius 3 is 2.90 bits per heavy atom. The van der Waals surface area contributed by atoms with E-state index >= 15 is 0 Å². The summed E-state index contributed by atoms with van der Waals surface area (Å²) in [6.45, 7) is 12.0. The third-order valence-electron chi connectivity index (χ3n) is 4.40. The zero-order valence-electron chi connectivity index (χ0n) is 13.7. The Labute approximate surface area is 132 Å². The van der Waals surface area contributed by atoms with E-state index in [0.717, 1.165) is 49.6 Å². The molecule has 2 heterocycles. The molecule has 0 spiro atoms. The zero-order chi connectivity index (χ0) is 15.5. The van der Waals surface area contributed by atoms with Crippen LogP contribution in [0.4, 0.5) is 0 Å². The average Bonchev–Trinajstić information content (AvgIpc) is 2.84. The molecule has 1 aliphatic rings. The summed E-state index contributed by atoms with van der Waals surface area (Å²) in [5.41, 5.74) is 0.877. The monoisotopic (exact) mass is 309 g/mol. The topological polar surface area (TPSA) is 45.2 Å². The molecule has 1 aromatic heterocycles. The van der Waals surface area contributed by atoms with Gasteiger partial charge < -0.3 is 10.2 Å². The molecule has 2 rings (SSSR count). The van der Waals surface area contributed by atoms with Gasteiger partial charge >= 0.3 is 0 Å². The molecule has 4 nitrogen and oxygen atoms in total. The Bertz CT molecular complexity index is 500. The Hall–Kier alpha value is -0.940. The molecule has 1 fully saturated rings. The van der Waals surface area contributed by atoms with E-state index in [1.807, 2.05) is 6.92 Å². The fourth-order valence-corrected chi connectivity index (χ4v) is 4.06. The van der Waals surface area contributed by atoms with Crippen LogP contribution in [0, 0.1) is 12.3 Å². The summed E-state index contributed by atoms with van der Waals surface area (Å²) in [5, 5.41) is 4.23. The van der Waals surface area contributed by atoms with Crippen molar-refractivity contribution < 1.29 is 4.79 Å². The number of carbonyl (C=O) groups excluding carboxylic acids is 1. The van der Waals surface area contributed by atoms with Crippen molar-refractivity contribution in [3.63, 3.8) is 0 Å².